The number of aromatic carboxylic acids is 1. The zero-order chi connectivity index (χ0) is 11.0. The van der Waals surface area contributed by atoms with E-state index in [0.717, 1.165) is 0 Å². The Bertz CT molecular complexity index is 448. The Hall–Kier alpha value is -2.02. The van der Waals surface area contributed by atoms with Crippen molar-refractivity contribution in [3.05, 3.63) is 23.8 Å². The Morgan fingerprint density at radius 2 is 2.13 bits per heavy atom. The molecule has 0 radical (unpaired) electrons. The van der Waals surface area contributed by atoms with E-state index in [1.807, 2.05) is 0 Å². The molecule has 0 aromatic heterocycles. The third-order valence-corrected chi connectivity index (χ3v) is 2.11. The van der Waals surface area contributed by atoms with E-state index in [2.05, 4.69) is 10.5 Å². The number of carbonyl (C=O) groups is 2. The first kappa shape index (κ1) is 9.54. The fraction of sp³-hybridized carbons (Fsp3) is 0. The van der Waals surface area contributed by atoms with Gasteiger partial charge < -0.3 is 20.7 Å². The van der Waals surface area contributed by atoms with Gasteiger partial charge in [0.15, 0.2) is 0 Å². The average Bonchev–Trinajstić information content (AvgIpc) is 2.16. The van der Waals surface area contributed by atoms with Crippen molar-refractivity contribution in [3.63, 3.8) is 0 Å². The molecule has 15 heavy (non-hydrogen) atoms. The van der Waals surface area contributed by atoms with Crippen molar-refractivity contribution in [2.45, 2.75) is 0 Å². The maximum absolute atomic E-state index is 11.0. The highest BCUT2D eigenvalue weighted by molar-refractivity contribution is 6.69. The maximum Gasteiger partial charge on any atom is 0.452 e. The number of nitrogens with one attached hydrogen (secondary N) is 2. The third-order valence-electron chi connectivity index (χ3n) is 2.11. The quantitative estimate of drug-likeness (QED) is 0.452. The van der Waals surface area contributed by atoms with Crippen LogP contribution in [0.15, 0.2) is 18.2 Å². The Morgan fingerprint density at radius 1 is 1.40 bits per heavy atom. The number of benzene rings is 1. The summed E-state index contributed by atoms with van der Waals surface area (Å²) in [4.78, 5) is 21.6. The highest BCUT2D eigenvalue weighted by Gasteiger charge is 2.27. The van der Waals surface area contributed by atoms with Crippen molar-refractivity contribution in [1.29, 1.82) is 0 Å². The minimum absolute atomic E-state index is 0.0585. The number of urea groups is 1. The molecule has 0 spiro atoms. The van der Waals surface area contributed by atoms with E-state index < -0.39 is 19.1 Å². The minimum atomic E-state index is -1.10. The fourth-order valence-electron chi connectivity index (χ4n) is 1.40. The van der Waals surface area contributed by atoms with E-state index in [9.17, 15) is 14.6 Å². The summed E-state index contributed by atoms with van der Waals surface area (Å²) in [6.45, 7) is 0. The molecule has 4 N–H and O–H groups in total. The first-order chi connectivity index (χ1) is 7.08. The molecule has 2 rings (SSSR count). The number of amides is 2. The minimum Gasteiger partial charge on any atom is -0.478 e. The molecule has 0 bridgehead atoms. The molecule has 7 heteroatoms. The number of carboxylic acids is 1. The number of fused-ring (bicyclic) bond motifs is 1. The Labute approximate surface area is 85.0 Å². The Kier molecular flexibility index (Phi) is 2.09. The van der Waals surface area contributed by atoms with Crippen molar-refractivity contribution >= 4 is 30.2 Å². The lowest BCUT2D eigenvalue weighted by Gasteiger charge is -2.20. The van der Waals surface area contributed by atoms with Crippen LogP contribution in [0.5, 0.6) is 0 Å². The van der Waals surface area contributed by atoms with E-state index in [1.165, 1.54) is 18.2 Å². The predicted octanol–water partition coefficient (Wildman–Crippen LogP) is -0.793. The van der Waals surface area contributed by atoms with Crippen LogP contribution in [0.3, 0.4) is 0 Å². The molecular formula is C8H7BN2O4. The largest absolute Gasteiger partial charge is 0.478 e. The van der Waals surface area contributed by atoms with E-state index in [0.29, 0.717) is 11.2 Å². The summed E-state index contributed by atoms with van der Waals surface area (Å²) in [6.07, 6.45) is 0. The average molecular weight is 206 g/mol. The van der Waals surface area contributed by atoms with Gasteiger partial charge in [0.25, 0.3) is 0 Å². The highest BCUT2D eigenvalue weighted by atomic mass is 16.4. The van der Waals surface area contributed by atoms with Crippen LogP contribution < -0.4 is 16.0 Å². The van der Waals surface area contributed by atoms with Crippen molar-refractivity contribution in [2.24, 2.45) is 0 Å². The molecule has 0 fully saturated rings. The zero-order valence-corrected chi connectivity index (χ0v) is 7.52. The van der Waals surface area contributed by atoms with Gasteiger partial charge in [0.05, 0.1) is 5.56 Å². The first-order valence-electron chi connectivity index (χ1n) is 4.21. The number of anilines is 1. The zero-order valence-electron chi connectivity index (χ0n) is 7.52. The normalized spacial score (nSPS) is 13.9. The molecular weight excluding hydrogens is 199 g/mol. The summed E-state index contributed by atoms with van der Waals surface area (Å²) >= 11 is 0. The molecule has 0 saturated heterocycles. The van der Waals surface area contributed by atoms with Gasteiger partial charge in [0.2, 0.25) is 0 Å². The lowest BCUT2D eigenvalue weighted by atomic mass is 9.71. The van der Waals surface area contributed by atoms with E-state index >= 15 is 0 Å². The van der Waals surface area contributed by atoms with Gasteiger partial charge in [-0.25, -0.2) is 9.59 Å². The number of carbonyl (C=O) groups excluding carboxylic acids is 1. The lowest BCUT2D eigenvalue weighted by molar-refractivity contribution is 0.0697. The summed E-state index contributed by atoms with van der Waals surface area (Å²) in [6, 6.07) is 3.57. The standard InChI is InChI=1S/C8H7BN2O4/c12-7(13)4-1-2-5-6(3-4)10-8(14)11-9(5)15/h1-3,15H,(H,12,13)(H2,10,11,14). The second kappa shape index (κ2) is 3.28. The van der Waals surface area contributed by atoms with Crippen LogP contribution in [0.2, 0.25) is 0 Å². The van der Waals surface area contributed by atoms with Gasteiger partial charge in [0, 0.05) is 5.69 Å². The number of rotatable bonds is 1. The van der Waals surface area contributed by atoms with Crippen LogP contribution in [0.25, 0.3) is 0 Å². The Morgan fingerprint density at radius 3 is 2.80 bits per heavy atom. The monoisotopic (exact) mass is 206 g/mol. The first-order valence-corrected chi connectivity index (χ1v) is 4.21. The van der Waals surface area contributed by atoms with Crippen LogP contribution in [-0.4, -0.2) is 29.2 Å². The molecule has 1 aliphatic heterocycles. The Balaban J connectivity index is 2.47. The third kappa shape index (κ3) is 1.64. The van der Waals surface area contributed by atoms with Crippen LogP contribution >= 0.6 is 0 Å². The summed E-state index contributed by atoms with van der Waals surface area (Å²) in [5.41, 5.74) is 0.814. The van der Waals surface area contributed by atoms with Crippen LogP contribution in [-0.2, 0) is 0 Å². The van der Waals surface area contributed by atoms with Crippen LogP contribution in [0, 0.1) is 0 Å². The van der Waals surface area contributed by atoms with E-state index in [4.69, 9.17) is 5.11 Å². The number of hydrogen-bond acceptors (Lipinski definition) is 3. The van der Waals surface area contributed by atoms with Crippen molar-refractivity contribution in [3.8, 4) is 0 Å². The molecule has 0 atom stereocenters. The molecule has 6 nitrogen and oxygen atoms in total. The summed E-state index contributed by atoms with van der Waals surface area (Å²) < 4.78 is 0. The van der Waals surface area contributed by atoms with Crippen molar-refractivity contribution in [2.75, 3.05) is 5.32 Å². The molecule has 1 aromatic rings. The topological polar surface area (TPSA) is 98.7 Å². The number of hydrogen-bond donors (Lipinski definition) is 4. The summed E-state index contributed by atoms with van der Waals surface area (Å²) in [7, 11) is -1.10. The van der Waals surface area contributed by atoms with Crippen LogP contribution in [0.4, 0.5) is 10.5 Å². The SMILES string of the molecule is O=C1NB(O)c2ccc(C(=O)O)cc2N1. The van der Waals surface area contributed by atoms with E-state index in [-0.39, 0.29) is 5.56 Å². The molecule has 1 heterocycles. The second-order valence-electron chi connectivity index (χ2n) is 3.11. The molecule has 1 aromatic carbocycles. The molecule has 2 amide bonds. The van der Waals surface area contributed by atoms with Crippen molar-refractivity contribution in [1.82, 2.24) is 5.23 Å². The smallest absolute Gasteiger partial charge is 0.452 e. The van der Waals surface area contributed by atoms with Gasteiger partial charge in [-0.1, -0.05) is 6.07 Å². The van der Waals surface area contributed by atoms with E-state index in [1.54, 1.807) is 0 Å². The molecule has 76 valence electrons. The highest BCUT2D eigenvalue weighted by Crippen LogP contribution is 2.11. The molecule has 0 unspecified atom stereocenters. The summed E-state index contributed by atoms with van der Waals surface area (Å²) in [5.74, 6) is -1.08. The van der Waals surface area contributed by atoms with Gasteiger partial charge in [-0.15, -0.1) is 0 Å². The van der Waals surface area contributed by atoms with Crippen molar-refractivity contribution < 1.29 is 19.7 Å². The summed E-state index contributed by atoms with van der Waals surface area (Å²) in [5, 5.41) is 22.8. The van der Waals surface area contributed by atoms with Gasteiger partial charge in [-0.3, -0.25) is 0 Å². The fourth-order valence-corrected chi connectivity index (χ4v) is 1.40. The maximum atomic E-state index is 11.0. The van der Waals surface area contributed by atoms with Gasteiger partial charge in [-0.05, 0) is 17.6 Å². The molecule has 0 saturated carbocycles. The molecule has 1 aliphatic rings. The number of carboxylic acid groups (broad SMARTS) is 1. The second-order valence-corrected chi connectivity index (χ2v) is 3.11. The van der Waals surface area contributed by atoms with Crippen LogP contribution in [0.1, 0.15) is 10.4 Å². The molecule has 0 aliphatic carbocycles. The lowest BCUT2D eigenvalue weighted by Crippen LogP contribution is -2.55. The predicted molar refractivity (Wildman–Crippen MR) is 53.2 cm³/mol. The van der Waals surface area contributed by atoms with Gasteiger partial charge >= 0.3 is 19.1 Å². The van der Waals surface area contributed by atoms with Gasteiger partial charge in [0.1, 0.15) is 0 Å². The van der Waals surface area contributed by atoms with Gasteiger partial charge in [-0.2, -0.15) is 0 Å².